The minimum Gasteiger partial charge on any atom is -0.293 e. The molecule has 9 heterocycles. The van der Waals surface area contributed by atoms with Gasteiger partial charge in [0.25, 0.3) is 11.8 Å². The van der Waals surface area contributed by atoms with E-state index in [-0.39, 0.29) is 11.8 Å². The van der Waals surface area contributed by atoms with Gasteiger partial charge in [0, 0.05) is 81.4 Å². The second kappa shape index (κ2) is 35.3. The van der Waals surface area contributed by atoms with Gasteiger partial charge >= 0.3 is 0 Å². The van der Waals surface area contributed by atoms with Crippen LogP contribution in [0.3, 0.4) is 0 Å². The molecule has 0 bridgehead atoms. The number of unbranched alkanes of at least 4 members (excludes halogenated alkanes) is 20. The Morgan fingerprint density at radius 2 is 0.609 bits per heavy atom. The van der Waals surface area contributed by atoms with Crippen molar-refractivity contribution in [1.82, 2.24) is 9.80 Å². The fourth-order valence-electron chi connectivity index (χ4n) is 11.7. The molecule has 2 aliphatic heterocycles. The van der Waals surface area contributed by atoms with Crippen LogP contribution < -0.4 is 0 Å². The molecule has 9 rings (SSSR count). The number of hydrogen-bond acceptors (Lipinski definition) is 13. The monoisotopic (exact) mass is 1370 g/mol. The molecular formula is C72H90N2O2S11. The van der Waals surface area contributed by atoms with Crippen LogP contribution in [0.2, 0.25) is 0 Å². The number of thiocarbonyl (C=S) groups is 2. The van der Waals surface area contributed by atoms with Crippen LogP contribution in [0.15, 0.2) is 70.5 Å². The molecule has 0 spiro atoms. The summed E-state index contributed by atoms with van der Waals surface area (Å²) in [7, 11) is 0. The molecule has 2 saturated heterocycles. The van der Waals surface area contributed by atoms with Gasteiger partial charge in [0.15, 0.2) is 0 Å². The number of carbonyl (C=O) groups excluding carboxylic acids is 2. The molecule has 0 N–H and O–H groups in total. The molecule has 0 aromatic carbocycles. The molecule has 0 atom stereocenters. The van der Waals surface area contributed by atoms with Crippen molar-refractivity contribution >= 4 is 160 Å². The minimum atomic E-state index is 0.0317. The van der Waals surface area contributed by atoms with E-state index in [0.29, 0.717) is 21.7 Å². The summed E-state index contributed by atoms with van der Waals surface area (Å²) in [5.74, 6) is 0.0633. The standard InChI is InChI=1S/C72H90N2O2S11/c1-7-13-17-21-25-29-33-49-43-53(47-63-69(75)73(11-5)71(77)86-63)79-65(49)57-39-41-59(82-57)67-51(35-31-27-23-19-15-9-3)45-61(84-67)55-37-38-56(81-55)62-46-52(36-32-28-24-20-16-10-4)68(85-62)60-42-40-58(83-60)66-50(34-30-26-22-18-14-8-2)44-54(80-66)48-64-70(76)74(12-6)72(78)87-64/h37-48H,7-36H2,1-6H3/b63-47-,64-48+. The normalized spacial score (nSPS) is 14.8. The van der Waals surface area contributed by atoms with Crippen LogP contribution in [-0.2, 0) is 35.3 Å². The van der Waals surface area contributed by atoms with Gasteiger partial charge in [-0.2, -0.15) is 0 Å². The van der Waals surface area contributed by atoms with Crippen molar-refractivity contribution in [3.63, 3.8) is 0 Å². The summed E-state index contributed by atoms with van der Waals surface area (Å²) in [5.41, 5.74) is 5.79. The summed E-state index contributed by atoms with van der Waals surface area (Å²) < 4.78 is 1.31. The van der Waals surface area contributed by atoms with Crippen LogP contribution in [0.1, 0.15) is 228 Å². The maximum absolute atomic E-state index is 13.4. The molecule has 0 saturated carbocycles. The first-order valence-corrected chi connectivity index (χ1v) is 41.0. The smallest absolute Gasteiger partial charge is 0.266 e. The molecule has 0 aliphatic carbocycles. The Bertz CT molecular complexity index is 3220. The third kappa shape index (κ3) is 18.5. The summed E-state index contributed by atoms with van der Waals surface area (Å²) in [6, 6.07) is 24.2. The number of aryl methyl sites for hydroxylation is 4. The van der Waals surface area contributed by atoms with Gasteiger partial charge in [0.1, 0.15) is 8.64 Å². The van der Waals surface area contributed by atoms with Crippen molar-refractivity contribution in [2.45, 2.75) is 221 Å². The van der Waals surface area contributed by atoms with Gasteiger partial charge in [-0.3, -0.25) is 19.4 Å². The fraction of sp³-hybridized carbons (Fsp3) is 0.500. The maximum atomic E-state index is 13.4. The highest BCUT2D eigenvalue weighted by Gasteiger charge is 2.32. The maximum Gasteiger partial charge on any atom is 0.266 e. The predicted molar refractivity (Wildman–Crippen MR) is 404 cm³/mol. The van der Waals surface area contributed by atoms with E-state index in [0.717, 1.165) is 45.2 Å². The van der Waals surface area contributed by atoms with Crippen LogP contribution >= 0.6 is 127 Å². The van der Waals surface area contributed by atoms with Crippen molar-refractivity contribution in [3.05, 3.63) is 102 Å². The van der Waals surface area contributed by atoms with Gasteiger partial charge in [-0.25, -0.2) is 0 Å². The number of amides is 2. The van der Waals surface area contributed by atoms with Crippen LogP contribution in [0, 0.1) is 0 Å². The molecule has 2 fully saturated rings. The number of rotatable bonds is 38. The van der Waals surface area contributed by atoms with Crippen LogP contribution in [0.4, 0.5) is 0 Å². The zero-order chi connectivity index (χ0) is 61.1. The molecular weight excluding hydrogens is 1280 g/mol. The van der Waals surface area contributed by atoms with E-state index in [1.807, 2.05) is 93.2 Å². The molecule has 466 valence electrons. The molecule has 7 aromatic rings. The highest BCUT2D eigenvalue weighted by atomic mass is 32.2. The van der Waals surface area contributed by atoms with Crippen molar-refractivity contribution < 1.29 is 9.59 Å². The first-order valence-electron chi connectivity index (χ1n) is 32.9. The lowest BCUT2D eigenvalue weighted by molar-refractivity contribution is -0.122. The number of carbonyl (C=O) groups is 2. The Hall–Kier alpha value is -2.80. The first kappa shape index (κ1) is 68.6. The van der Waals surface area contributed by atoms with E-state index < -0.39 is 0 Å². The molecule has 4 nitrogen and oxygen atoms in total. The molecule has 0 unspecified atom stereocenters. The molecule has 87 heavy (non-hydrogen) atoms. The molecule has 0 radical (unpaired) electrons. The van der Waals surface area contributed by atoms with E-state index in [4.69, 9.17) is 24.4 Å². The number of likely N-dealkylation sites (N-methyl/N-ethyl adjacent to an activating group) is 2. The highest BCUT2D eigenvalue weighted by molar-refractivity contribution is 8.27. The van der Waals surface area contributed by atoms with Crippen LogP contribution in [-0.4, -0.2) is 43.3 Å². The lowest BCUT2D eigenvalue weighted by Crippen LogP contribution is -2.27. The lowest BCUT2D eigenvalue weighted by Gasteiger charge is -2.09. The fourth-order valence-corrected chi connectivity index (χ4v) is 23.1. The van der Waals surface area contributed by atoms with E-state index >= 15 is 0 Å². The zero-order valence-electron chi connectivity index (χ0n) is 52.3. The van der Waals surface area contributed by atoms with Gasteiger partial charge in [-0.05, 0) is 160 Å². The predicted octanol–water partition coefficient (Wildman–Crippen LogP) is 26.2. The lowest BCUT2D eigenvalue weighted by atomic mass is 10.0. The van der Waals surface area contributed by atoms with E-state index in [1.165, 1.54) is 258 Å². The summed E-state index contributed by atoms with van der Waals surface area (Å²) >= 11 is 27.6. The summed E-state index contributed by atoms with van der Waals surface area (Å²) in [6.07, 6.45) is 39.1. The highest BCUT2D eigenvalue weighted by Crippen LogP contribution is 2.51. The Morgan fingerprint density at radius 3 is 0.920 bits per heavy atom. The van der Waals surface area contributed by atoms with Crippen molar-refractivity contribution in [1.29, 1.82) is 0 Å². The largest absolute Gasteiger partial charge is 0.293 e. The quantitative estimate of drug-likeness (QED) is 0.0218. The number of thiophene rings is 7. The first-order chi connectivity index (χ1) is 42.5. The topological polar surface area (TPSA) is 40.6 Å². The number of hydrogen-bond donors (Lipinski definition) is 0. The van der Waals surface area contributed by atoms with Gasteiger partial charge in [0.05, 0.1) is 9.81 Å². The third-order valence-corrected chi connectivity index (χ3v) is 28.3. The number of nitrogens with zero attached hydrogens (tertiary/aromatic N) is 2. The van der Waals surface area contributed by atoms with Crippen molar-refractivity contribution in [2.24, 2.45) is 0 Å². The second-order valence-electron chi connectivity index (χ2n) is 23.4. The van der Waals surface area contributed by atoms with E-state index in [1.54, 1.807) is 9.80 Å². The Kier molecular flexibility index (Phi) is 27.8. The van der Waals surface area contributed by atoms with Crippen LogP contribution in [0.25, 0.3) is 70.7 Å². The summed E-state index contributed by atoms with van der Waals surface area (Å²) in [6.45, 7) is 14.4. The zero-order valence-corrected chi connectivity index (χ0v) is 61.3. The van der Waals surface area contributed by atoms with Gasteiger partial charge < -0.3 is 0 Å². The van der Waals surface area contributed by atoms with Gasteiger partial charge in [0.2, 0.25) is 0 Å². The van der Waals surface area contributed by atoms with Crippen LogP contribution in [0.5, 0.6) is 0 Å². The Labute approximate surface area is 569 Å². The van der Waals surface area contributed by atoms with Crippen molar-refractivity contribution in [3.8, 4) is 58.5 Å². The van der Waals surface area contributed by atoms with Gasteiger partial charge in [-0.15, -0.1) is 79.4 Å². The SMILES string of the molecule is CCCCCCCCc1cc(/C=C2\SC(=S)N(CC)C2=O)sc1-c1ccc(-c2sc(-c3ccc(-c4cc(CCCCCCCC)c(-c5ccc(-c6sc(/C=C7/SC(=S)N(CC)C7=O)cc6CCCCCCCC)s5)s4)s3)cc2CCCCCCCC)s1. The average Bonchev–Trinajstić information content (AvgIpc) is 2.27. The Morgan fingerprint density at radius 1 is 0.333 bits per heavy atom. The molecule has 2 aliphatic rings. The van der Waals surface area contributed by atoms with E-state index in [2.05, 4.69) is 101 Å². The van der Waals surface area contributed by atoms with Crippen molar-refractivity contribution in [2.75, 3.05) is 13.1 Å². The second-order valence-corrected chi connectivity index (χ2v) is 34.2. The number of thioether (sulfide) groups is 2. The summed E-state index contributed by atoms with van der Waals surface area (Å²) in [4.78, 5) is 50.3. The molecule has 7 aromatic heterocycles. The summed E-state index contributed by atoms with van der Waals surface area (Å²) in [5, 5.41) is 0. The third-order valence-electron chi connectivity index (χ3n) is 16.6. The average molecular weight is 1370 g/mol. The molecule has 2 amide bonds. The van der Waals surface area contributed by atoms with E-state index in [9.17, 15) is 9.59 Å². The minimum absolute atomic E-state index is 0.0317. The van der Waals surface area contributed by atoms with Gasteiger partial charge in [-0.1, -0.05) is 204 Å². The molecule has 15 heteroatoms. The Balaban J connectivity index is 1.01.